The lowest BCUT2D eigenvalue weighted by Crippen LogP contribution is -2.13. The van der Waals surface area contributed by atoms with Crippen LogP contribution in [-0.4, -0.2) is 35.2 Å². The Kier molecular flexibility index (Phi) is 7.67. The number of nitrogens with zero attached hydrogens (tertiary/aromatic N) is 1. The normalized spacial score (nSPS) is 10.5. The van der Waals surface area contributed by atoms with Crippen molar-refractivity contribution in [2.45, 2.75) is 27.2 Å². The number of carbonyl (C=O) groups excluding carboxylic acids is 1. The van der Waals surface area contributed by atoms with Crippen molar-refractivity contribution in [3.63, 3.8) is 0 Å². The van der Waals surface area contributed by atoms with Gasteiger partial charge in [0.15, 0.2) is 5.13 Å². The number of rotatable bonds is 10. The summed E-state index contributed by atoms with van der Waals surface area (Å²) in [6.07, 6.45) is -0.0852. The predicted molar refractivity (Wildman–Crippen MR) is 125 cm³/mol. The van der Waals surface area contributed by atoms with Gasteiger partial charge in [-0.25, -0.2) is 4.98 Å². The number of amides is 1. The van der Waals surface area contributed by atoms with E-state index < -0.39 is 5.97 Å². The van der Waals surface area contributed by atoms with Gasteiger partial charge in [0.05, 0.1) is 36.7 Å². The summed E-state index contributed by atoms with van der Waals surface area (Å²) in [6.45, 7) is 6.31. The van der Waals surface area contributed by atoms with Crippen molar-refractivity contribution in [2.75, 3.05) is 23.8 Å². The second-order valence-electron chi connectivity index (χ2n) is 6.75. The number of aromatic nitrogens is 1. The largest absolute Gasteiger partial charge is 0.492 e. The lowest BCUT2D eigenvalue weighted by molar-refractivity contribution is -0.136. The lowest BCUT2D eigenvalue weighted by Gasteiger charge is -2.17. The van der Waals surface area contributed by atoms with E-state index in [-0.39, 0.29) is 12.3 Å². The smallest absolute Gasteiger partial charge is 0.308 e. The van der Waals surface area contributed by atoms with Crippen LogP contribution in [0.2, 0.25) is 0 Å². The molecule has 0 saturated heterocycles. The van der Waals surface area contributed by atoms with Gasteiger partial charge in [0.1, 0.15) is 11.5 Å². The fraction of sp³-hybridized carbons (Fsp3) is 0.261. The molecule has 0 aliphatic heterocycles. The van der Waals surface area contributed by atoms with E-state index in [1.807, 2.05) is 19.9 Å². The zero-order chi connectivity index (χ0) is 23.1. The van der Waals surface area contributed by atoms with Gasteiger partial charge in [0.2, 0.25) is 0 Å². The molecular weight excluding hydrogens is 430 g/mol. The quantitative estimate of drug-likeness (QED) is 0.400. The van der Waals surface area contributed by atoms with Crippen molar-refractivity contribution in [3.8, 4) is 11.5 Å². The van der Waals surface area contributed by atoms with Crippen molar-refractivity contribution in [1.82, 2.24) is 4.98 Å². The first kappa shape index (κ1) is 23.1. The molecule has 0 saturated carbocycles. The highest BCUT2D eigenvalue weighted by Crippen LogP contribution is 2.39. The van der Waals surface area contributed by atoms with Gasteiger partial charge in [-0.1, -0.05) is 18.2 Å². The Morgan fingerprint density at radius 1 is 1.03 bits per heavy atom. The molecule has 32 heavy (non-hydrogen) atoms. The van der Waals surface area contributed by atoms with Crippen LogP contribution in [0.25, 0.3) is 0 Å². The van der Waals surface area contributed by atoms with Gasteiger partial charge < -0.3 is 25.2 Å². The summed E-state index contributed by atoms with van der Waals surface area (Å²) in [6, 6.07) is 12.3. The SMILES string of the molecule is CCOc1cc(Nc2nc(C)c(CC(=O)O)s2)c(OCC)cc1NC(=O)c1ccccc1. The molecule has 0 bridgehead atoms. The Hall–Kier alpha value is -3.59. The third kappa shape index (κ3) is 5.76. The number of carboxylic acids is 1. The molecule has 0 atom stereocenters. The lowest BCUT2D eigenvalue weighted by atomic mass is 10.2. The number of nitrogens with one attached hydrogen (secondary N) is 2. The molecular formula is C23H25N3O5S. The van der Waals surface area contributed by atoms with Crippen LogP contribution < -0.4 is 20.1 Å². The van der Waals surface area contributed by atoms with Crippen LogP contribution in [0.15, 0.2) is 42.5 Å². The van der Waals surface area contributed by atoms with Crippen LogP contribution >= 0.6 is 11.3 Å². The van der Waals surface area contributed by atoms with E-state index in [0.717, 1.165) is 0 Å². The van der Waals surface area contributed by atoms with Crippen LogP contribution in [0.4, 0.5) is 16.5 Å². The molecule has 1 heterocycles. The minimum atomic E-state index is -0.907. The molecule has 168 valence electrons. The third-order valence-corrected chi connectivity index (χ3v) is 5.48. The summed E-state index contributed by atoms with van der Waals surface area (Å²) in [5.74, 6) is -0.187. The Labute approximate surface area is 190 Å². The highest BCUT2D eigenvalue weighted by molar-refractivity contribution is 7.15. The minimum absolute atomic E-state index is 0.0852. The van der Waals surface area contributed by atoms with E-state index in [4.69, 9.17) is 14.6 Å². The van der Waals surface area contributed by atoms with Gasteiger partial charge in [-0.3, -0.25) is 9.59 Å². The molecule has 0 spiro atoms. The van der Waals surface area contributed by atoms with Gasteiger partial charge in [-0.05, 0) is 32.9 Å². The molecule has 0 aliphatic rings. The highest BCUT2D eigenvalue weighted by atomic mass is 32.1. The maximum Gasteiger partial charge on any atom is 0.308 e. The number of aryl methyl sites for hydroxylation is 1. The number of carboxylic acid groups (broad SMARTS) is 1. The summed E-state index contributed by atoms with van der Waals surface area (Å²) >= 11 is 1.27. The molecule has 8 nitrogen and oxygen atoms in total. The molecule has 3 N–H and O–H groups in total. The second kappa shape index (κ2) is 10.6. The third-order valence-electron chi connectivity index (χ3n) is 4.41. The number of benzene rings is 2. The van der Waals surface area contributed by atoms with Crippen LogP contribution in [-0.2, 0) is 11.2 Å². The predicted octanol–water partition coefficient (Wildman–Crippen LogP) is 4.87. The van der Waals surface area contributed by atoms with E-state index in [9.17, 15) is 9.59 Å². The van der Waals surface area contributed by atoms with E-state index in [1.54, 1.807) is 43.3 Å². The van der Waals surface area contributed by atoms with E-state index in [2.05, 4.69) is 15.6 Å². The maximum absolute atomic E-state index is 12.7. The molecule has 1 aromatic heterocycles. The zero-order valence-corrected chi connectivity index (χ0v) is 18.9. The molecule has 0 aliphatic carbocycles. The first-order valence-corrected chi connectivity index (χ1v) is 11.0. The topological polar surface area (TPSA) is 110 Å². The Bertz CT molecular complexity index is 1100. The van der Waals surface area contributed by atoms with Crippen LogP contribution in [0, 0.1) is 6.92 Å². The molecule has 1 amide bonds. The van der Waals surface area contributed by atoms with Gasteiger partial charge >= 0.3 is 5.97 Å². The summed E-state index contributed by atoms with van der Waals surface area (Å²) in [5.41, 5.74) is 2.27. The minimum Gasteiger partial charge on any atom is -0.492 e. The van der Waals surface area contributed by atoms with E-state index in [0.29, 0.717) is 57.4 Å². The highest BCUT2D eigenvalue weighted by Gasteiger charge is 2.17. The monoisotopic (exact) mass is 455 g/mol. The zero-order valence-electron chi connectivity index (χ0n) is 18.1. The molecule has 2 aromatic carbocycles. The number of thiazole rings is 1. The molecule has 0 radical (unpaired) electrons. The Morgan fingerprint density at radius 3 is 2.28 bits per heavy atom. The molecule has 3 rings (SSSR count). The summed E-state index contributed by atoms with van der Waals surface area (Å²) < 4.78 is 11.5. The first-order valence-electron chi connectivity index (χ1n) is 10.2. The summed E-state index contributed by atoms with van der Waals surface area (Å²) in [4.78, 5) is 28.8. The van der Waals surface area contributed by atoms with Crippen LogP contribution in [0.5, 0.6) is 11.5 Å². The number of anilines is 3. The summed E-state index contributed by atoms with van der Waals surface area (Å²) in [5, 5.41) is 15.7. The van der Waals surface area contributed by atoms with Crippen molar-refractivity contribution in [1.29, 1.82) is 0 Å². The Balaban J connectivity index is 1.93. The fourth-order valence-electron chi connectivity index (χ4n) is 2.99. The van der Waals surface area contributed by atoms with Gasteiger partial charge in [-0.2, -0.15) is 0 Å². The van der Waals surface area contributed by atoms with Crippen molar-refractivity contribution < 1.29 is 24.2 Å². The number of ether oxygens (including phenoxy) is 2. The number of hydrogen-bond donors (Lipinski definition) is 3. The fourth-order valence-corrected chi connectivity index (χ4v) is 3.95. The molecule has 3 aromatic rings. The van der Waals surface area contributed by atoms with Gasteiger partial charge in [0, 0.05) is 22.6 Å². The molecule has 9 heteroatoms. The summed E-state index contributed by atoms with van der Waals surface area (Å²) in [7, 11) is 0. The average Bonchev–Trinajstić information content (AvgIpc) is 3.09. The molecule has 0 fully saturated rings. The van der Waals surface area contributed by atoms with Crippen LogP contribution in [0.3, 0.4) is 0 Å². The number of aliphatic carboxylic acids is 1. The van der Waals surface area contributed by atoms with E-state index >= 15 is 0 Å². The van der Waals surface area contributed by atoms with Gasteiger partial charge in [0.25, 0.3) is 5.91 Å². The second-order valence-corrected chi connectivity index (χ2v) is 7.84. The average molecular weight is 456 g/mol. The first-order chi connectivity index (χ1) is 15.4. The maximum atomic E-state index is 12.7. The number of hydrogen-bond acceptors (Lipinski definition) is 7. The van der Waals surface area contributed by atoms with Crippen molar-refractivity contribution in [2.24, 2.45) is 0 Å². The Morgan fingerprint density at radius 2 is 1.66 bits per heavy atom. The van der Waals surface area contributed by atoms with Crippen molar-refractivity contribution in [3.05, 3.63) is 58.6 Å². The standard InChI is InChI=1S/C23H25N3O5S/c1-4-30-18-12-17(26-23-24-14(3)20(32-23)13-21(27)28)19(31-5-2)11-16(18)25-22(29)15-9-7-6-8-10-15/h6-12H,4-5,13H2,1-3H3,(H,24,26)(H,25,29)(H,27,28). The molecule has 0 unspecified atom stereocenters. The van der Waals surface area contributed by atoms with E-state index in [1.165, 1.54) is 11.3 Å². The van der Waals surface area contributed by atoms with Gasteiger partial charge in [-0.15, -0.1) is 11.3 Å². The van der Waals surface area contributed by atoms with Crippen molar-refractivity contribution >= 4 is 39.7 Å². The number of carbonyl (C=O) groups is 2. The van der Waals surface area contributed by atoms with Crippen LogP contribution in [0.1, 0.15) is 34.8 Å².